The fraction of sp³-hybridized carbons (Fsp3) is 0.333. The van der Waals surface area contributed by atoms with E-state index in [-0.39, 0.29) is 12.4 Å². The first-order chi connectivity index (χ1) is 11.7. The Kier molecular flexibility index (Phi) is 9.75. The third kappa shape index (κ3) is 7.20. The van der Waals surface area contributed by atoms with Crippen molar-refractivity contribution in [3.8, 4) is 11.5 Å². The fourth-order valence-electron chi connectivity index (χ4n) is 2.45. The molecule has 25 heavy (non-hydrogen) atoms. The summed E-state index contributed by atoms with van der Waals surface area (Å²) in [6.07, 6.45) is 6.34. The smallest absolute Gasteiger partial charge is 0.126 e. The van der Waals surface area contributed by atoms with Crippen molar-refractivity contribution >= 4 is 24.6 Å². The lowest BCUT2D eigenvalue weighted by Gasteiger charge is -2.11. The average molecular weight is 362 g/mol. The molecule has 2 aromatic rings. The molecule has 0 radical (unpaired) electrons. The second kappa shape index (κ2) is 11.6. The Balaban J connectivity index is 0.00000312. The Hall–Kier alpha value is -1.97. The largest absolute Gasteiger partial charge is 0.496 e. The zero-order chi connectivity index (χ0) is 17.2. The summed E-state index contributed by atoms with van der Waals surface area (Å²) in [6.45, 7) is 1.84. The first-order valence-corrected chi connectivity index (χ1v) is 8.38. The van der Waals surface area contributed by atoms with Crippen LogP contribution in [0.1, 0.15) is 24.0 Å². The number of methoxy groups -OCH3 is 1. The van der Waals surface area contributed by atoms with E-state index >= 15 is 0 Å². The van der Waals surface area contributed by atoms with Gasteiger partial charge in [0.1, 0.15) is 11.5 Å². The van der Waals surface area contributed by atoms with Crippen LogP contribution in [-0.2, 0) is 0 Å². The molecule has 0 aliphatic heterocycles. The van der Waals surface area contributed by atoms with E-state index in [0.717, 1.165) is 48.6 Å². The second-order valence-corrected chi connectivity index (χ2v) is 5.97. The maximum Gasteiger partial charge on any atom is 0.126 e. The summed E-state index contributed by atoms with van der Waals surface area (Å²) in [6, 6.07) is 16.1. The monoisotopic (exact) mass is 361 g/mol. The summed E-state index contributed by atoms with van der Waals surface area (Å²) in [5, 5.41) is 0. The number of hydrogen-bond acceptors (Lipinski definition) is 3. The third-order valence-electron chi connectivity index (χ3n) is 3.76. The number of ether oxygens (including phenoxy) is 2. The highest BCUT2D eigenvalue weighted by atomic mass is 35.5. The molecule has 0 amide bonds. The number of nitrogens with zero attached hydrogens (tertiary/aromatic N) is 1. The van der Waals surface area contributed by atoms with Gasteiger partial charge in [0, 0.05) is 11.1 Å². The number of hydrogen-bond donors (Lipinski definition) is 0. The summed E-state index contributed by atoms with van der Waals surface area (Å²) >= 11 is 0. The van der Waals surface area contributed by atoms with Crippen LogP contribution < -0.4 is 9.47 Å². The van der Waals surface area contributed by atoms with Gasteiger partial charge in [0.15, 0.2) is 0 Å². The zero-order valence-corrected chi connectivity index (χ0v) is 16.1. The molecule has 4 heteroatoms. The molecule has 0 N–H and O–H groups in total. The normalized spacial score (nSPS) is 10.7. The summed E-state index contributed by atoms with van der Waals surface area (Å²) in [5.41, 5.74) is 2.14. The summed E-state index contributed by atoms with van der Waals surface area (Å²) in [5.74, 6) is 1.80. The van der Waals surface area contributed by atoms with Crippen LogP contribution in [0.15, 0.2) is 48.5 Å². The van der Waals surface area contributed by atoms with Gasteiger partial charge in [-0.25, -0.2) is 0 Å². The van der Waals surface area contributed by atoms with E-state index in [1.54, 1.807) is 7.11 Å². The van der Waals surface area contributed by atoms with E-state index in [0.29, 0.717) is 0 Å². The molecule has 0 aromatic heterocycles. The topological polar surface area (TPSA) is 21.7 Å². The predicted molar refractivity (Wildman–Crippen MR) is 109 cm³/mol. The van der Waals surface area contributed by atoms with Crippen LogP contribution in [0.4, 0.5) is 0 Å². The Morgan fingerprint density at radius 1 is 0.840 bits per heavy atom. The minimum Gasteiger partial charge on any atom is -0.496 e. The minimum absolute atomic E-state index is 0. The lowest BCUT2D eigenvalue weighted by Crippen LogP contribution is -2.13. The maximum atomic E-state index is 5.96. The van der Waals surface area contributed by atoms with Gasteiger partial charge in [-0.2, -0.15) is 0 Å². The first-order valence-electron chi connectivity index (χ1n) is 8.38. The van der Waals surface area contributed by atoms with Crippen molar-refractivity contribution in [2.75, 3.05) is 34.4 Å². The maximum absolute atomic E-state index is 5.96. The van der Waals surface area contributed by atoms with E-state index in [1.165, 1.54) is 0 Å². The van der Waals surface area contributed by atoms with Gasteiger partial charge in [-0.1, -0.05) is 48.6 Å². The molecule has 0 fully saturated rings. The van der Waals surface area contributed by atoms with Gasteiger partial charge < -0.3 is 14.4 Å². The summed E-state index contributed by atoms with van der Waals surface area (Å²) in [7, 11) is 5.88. The van der Waals surface area contributed by atoms with Gasteiger partial charge in [-0.15, -0.1) is 12.4 Å². The number of unbranched alkanes of at least 4 members (excludes halogenated alkanes) is 1. The van der Waals surface area contributed by atoms with Crippen LogP contribution in [0, 0.1) is 0 Å². The SMILES string of the molecule is COc1ccccc1/C=C/c1ccccc1OCCCCN(C)C.Cl. The Morgan fingerprint density at radius 2 is 1.40 bits per heavy atom. The molecule has 0 saturated carbocycles. The standard InChI is InChI=1S/C21H27NO2.ClH/c1-22(2)16-8-9-17-24-21-13-7-5-11-19(21)15-14-18-10-4-6-12-20(18)23-3;/h4-7,10-15H,8-9,16-17H2,1-3H3;1H/b15-14+;. The first kappa shape index (κ1) is 21.1. The fourth-order valence-corrected chi connectivity index (χ4v) is 2.45. The zero-order valence-electron chi connectivity index (χ0n) is 15.3. The Bertz CT molecular complexity index is 656. The number of rotatable bonds is 9. The lowest BCUT2D eigenvalue weighted by atomic mass is 10.1. The van der Waals surface area contributed by atoms with Crippen LogP contribution in [0.5, 0.6) is 11.5 Å². The minimum atomic E-state index is 0. The highest BCUT2D eigenvalue weighted by Gasteiger charge is 2.02. The molecule has 2 rings (SSSR count). The van der Waals surface area contributed by atoms with Gasteiger partial charge in [-0.3, -0.25) is 0 Å². The van der Waals surface area contributed by atoms with Crippen molar-refractivity contribution in [3.63, 3.8) is 0 Å². The molecule has 0 aliphatic rings. The molecule has 2 aromatic carbocycles. The van der Waals surface area contributed by atoms with E-state index in [9.17, 15) is 0 Å². The van der Waals surface area contributed by atoms with Crippen LogP contribution in [0.3, 0.4) is 0 Å². The second-order valence-electron chi connectivity index (χ2n) is 5.97. The number of para-hydroxylation sites is 2. The van der Waals surface area contributed by atoms with Gasteiger partial charge in [-0.05, 0) is 45.6 Å². The van der Waals surface area contributed by atoms with Gasteiger partial charge in [0.2, 0.25) is 0 Å². The van der Waals surface area contributed by atoms with Gasteiger partial charge in [0.25, 0.3) is 0 Å². The summed E-state index contributed by atoms with van der Waals surface area (Å²) in [4.78, 5) is 2.20. The molecule has 3 nitrogen and oxygen atoms in total. The molecule has 136 valence electrons. The van der Waals surface area contributed by atoms with Gasteiger partial charge in [0.05, 0.1) is 13.7 Å². The Morgan fingerprint density at radius 3 is 2.00 bits per heavy atom. The third-order valence-corrected chi connectivity index (χ3v) is 3.76. The highest BCUT2D eigenvalue weighted by molar-refractivity contribution is 5.85. The van der Waals surface area contributed by atoms with Gasteiger partial charge >= 0.3 is 0 Å². The highest BCUT2D eigenvalue weighted by Crippen LogP contribution is 2.24. The molecular weight excluding hydrogens is 334 g/mol. The van der Waals surface area contributed by atoms with Crippen LogP contribution in [-0.4, -0.2) is 39.3 Å². The molecule has 0 unspecified atom stereocenters. The molecule has 0 atom stereocenters. The molecular formula is C21H28ClNO2. The van der Waals surface area contributed by atoms with Crippen molar-refractivity contribution in [2.24, 2.45) is 0 Å². The van der Waals surface area contributed by atoms with Crippen LogP contribution >= 0.6 is 12.4 Å². The van der Waals surface area contributed by atoms with Crippen LogP contribution in [0.2, 0.25) is 0 Å². The Labute approximate surface area is 157 Å². The van der Waals surface area contributed by atoms with Crippen molar-refractivity contribution in [1.29, 1.82) is 0 Å². The van der Waals surface area contributed by atoms with Crippen molar-refractivity contribution in [3.05, 3.63) is 59.7 Å². The van der Waals surface area contributed by atoms with E-state index in [4.69, 9.17) is 9.47 Å². The van der Waals surface area contributed by atoms with Crippen molar-refractivity contribution in [2.45, 2.75) is 12.8 Å². The van der Waals surface area contributed by atoms with Crippen molar-refractivity contribution < 1.29 is 9.47 Å². The quantitative estimate of drug-likeness (QED) is 0.463. The molecule has 0 bridgehead atoms. The van der Waals surface area contributed by atoms with Crippen molar-refractivity contribution in [1.82, 2.24) is 4.90 Å². The molecule has 0 aliphatic carbocycles. The average Bonchev–Trinajstić information content (AvgIpc) is 2.60. The van der Waals surface area contributed by atoms with Crippen LogP contribution in [0.25, 0.3) is 12.2 Å². The number of benzene rings is 2. The lowest BCUT2D eigenvalue weighted by molar-refractivity contribution is 0.292. The molecule has 0 spiro atoms. The predicted octanol–water partition coefficient (Wildman–Crippen LogP) is 5.01. The summed E-state index contributed by atoms with van der Waals surface area (Å²) < 4.78 is 11.4. The van der Waals surface area contributed by atoms with E-state index in [2.05, 4.69) is 37.2 Å². The molecule has 0 heterocycles. The van der Waals surface area contributed by atoms with E-state index < -0.39 is 0 Å². The number of halogens is 1. The molecule has 0 saturated heterocycles. The van der Waals surface area contributed by atoms with E-state index in [1.807, 2.05) is 42.5 Å².